The number of carboxylic acids is 1. The van der Waals surface area contributed by atoms with Gasteiger partial charge in [0, 0.05) is 5.56 Å². The molecule has 2 nitrogen and oxygen atoms in total. The Morgan fingerprint density at radius 1 is 1.04 bits per heavy atom. The third-order valence-electron chi connectivity index (χ3n) is 6.40. The Morgan fingerprint density at radius 3 is 2.35 bits per heavy atom. The molecule has 2 aliphatic carbocycles. The van der Waals surface area contributed by atoms with Crippen molar-refractivity contribution in [3.8, 4) is 0 Å². The van der Waals surface area contributed by atoms with Gasteiger partial charge in [-0.15, -0.1) is 0 Å². The second-order valence-electron chi connectivity index (χ2n) is 8.43. The molecule has 2 aromatic rings. The van der Waals surface area contributed by atoms with Crippen molar-refractivity contribution in [2.24, 2.45) is 0 Å². The van der Waals surface area contributed by atoms with Gasteiger partial charge >= 0.3 is 5.97 Å². The van der Waals surface area contributed by atoms with Crippen molar-refractivity contribution in [1.29, 1.82) is 0 Å². The molecule has 1 fully saturated rings. The van der Waals surface area contributed by atoms with Gasteiger partial charge in [0.2, 0.25) is 0 Å². The van der Waals surface area contributed by atoms with Crippen LogP contribution >= 0.6 is 0 Å². The molecule has 2 aliphatic rings. The van der Waals surface area contributed by atoms with E-state index in [1.165, 1.54) is 42.5 Å². The first-order valence-electron chi connectivity index (χ1n) is 9.08. The summed E-state index contributed by atoms with van der Waals surface area (Å²) in [7, 11) is 0. The molecule has 1 saturated carbocycles. The van der Waals surface area contributed by atoms with Crippen molar-refractivity contribution < 1.29 is 14.3 Å². The molecule has 2 aromatic carbocycles. The highest BCUT2D eigenvalue weighted by atomic mass is 19.1. The summed E-state index contributed by atoms with van der Waals surface area (Å²) in [5.41, 5.74) is 5.93. The smallest absolute Gasteiger partial charge is 0.335 e. The van der Waals surface area contributed by atoms with Crippen molar-refractivity contribution in [2.75, 3.05) is 0 Å². The molecule has 2 unspecified atom stereocenters. The number of benzene rings is 2. The Hall–Kier alpha value is -2.42. The number of carboxylic acid groups (broad SMARTS) is 1. The molecule has 26 heavy (non-hydrogen) atoms. The average molecular weight is 350 g/mol. The van der Waals surface area contributed by atoms with Gasteiger partial charge in [-0.3, -0.25) is 0 Å². The fraction of sp³-hybridized carbons (Fsp3) is 0.348. The van der Waals surface area contributed by atoms with Gasteiger partial charge in [0.25, 0.3) is 0 Å². The predicted molar refractivity (Wildman–Crippen MR) is 102 cm³/mol. The van der Waals surface area contributed by atoms with Crippen LogP contribution in [0.5, 0.6) is 0 Å². The Kier molecular flexibility index (Phi) is 3.62. The van der Waals surface area contributed by atoms with E-state index >= 15 is 0 Å². The number of aromatic carboxylic acids is 1. The fourth-order valence-corrected chi connectivity index (χ4v) is 4.96. The van der Waals surface area contributed by atoms with Crippen LogP contribution in [-0.2, 0) is 10.8 Å². The molecule has 4 rings (SSSR count). The monoisotopic (exact) mass is 350 g/mol. The molecule has 2 atom stereocenters. The molecular formula is C23H23FO2. The van der Waals surface area contributed by atoms with Crippen molar-refractivity contribution >= 4 is 17.6 Å². The Labute approximate surface area is 153 Å². The fourth-order valence-electron chi connectivity index (χ4n) is 4.96. The normalized spacial score (nSPS) is 26.8. The van der Waals surface area contributed by atoms with Crippen LogP contribution in [0, 0.1) is 5.82 Å². The number of hydrogen-bond acceptors (Lipinski definition) is 1. The zero-order valence-electron chi connectivity index (χ0n) is 15.4. The van der Waals surface area contributed by atoms with Crippen molar-refractivity contribution in [3.05, 3.63) is 70.0 Å². The summed E-state index contributed by atoms with van der Waals surface area (Å²) in [5.74, 6) is -1.63. The number of hydrogen-bond donors (Lipinski definition) is 1. The van der Waals surface area contributed by atoms with E-state index in [0.29, 0.717) is 11.0 Å². The number of carbonyl (C=O) groups is 1. The summed E-state index contributed by atoms with van der Waals surface area (Å²) in [6.45, 7) is 6.70. The summed E-state index contributed by atoms with van der Waals surface area (Å²) in [5, 5.41) is 8.96. The Balaban J connectivity index is 1.71. The lowest BCUT2D eigenvalue weighted by Gasteiger charge is -2.27. The molecule has 0 aromatic heterocycles. The first-order chi connectivity index (χ1) is 12.2. The molecule has 3 heteroatoms. The maximum Gasteiger partial charge on any atom is 0.335 e. The summed E-state index contributed by atoms with van der Waals surface area (Å²) >= 11 is 0. The van der Waals surface area contributed by atoms with Gasteiger partial charge in [-0.25, -0.2) is 9.18 Å². The lowest BCUT2D eigenvalue weighted by Crippen LogP contribution is -2.18. The van der Waals surface area contributed by atoms with E-state index in [2.05, 4.69) is 32.0 Å². The predicted octanol–water partition coefficient (Wildman–Crippen LogP) is 5.80. The molecule has 1 N–H and O–H groups in total. The van der Waals surface area contributed by atoms with E-state index in [4.69, 9.17) is 5.11 Å². The first-order valence-corrected chi connectivity index (χ1v) is 9.08. The average Bonchev–Trinajstić information content (AvgIpc) is 3.03. The van der Waals surface area contributed by atoms with Crippen LogP contribution in [0.4, 0.5) is 4.39 Å². The van der Waals surface area contributed by atoms with Crippen LogP contribution in [0.15, 0.2) is 36.4 Å². The molecule has 0 amide bonds. The van der Waals surface area contributed by atoms with Crippen LogP contribution in [0.3, 0.4) is 0 Å². The number of rotatable bonds is 3. The van der Waals surface area contributed by atoms with Crippen molar-refractivity contribution in [2.45, 2.75) is 50.9 Å². The van der Waals surface area contributed by atoms with Gasteiger partial charge in [-0.1, -0.05) is 38.1 Å². The van der Waals surface area contributed by atoms with Gasteiger partial charge in [-0.2, -0.15) is 0 Å². The van der Waals surface area contributed by atoms with Crippen LogP contribution < -0.4 is 0 Å². The standard InChI is InChI=1S/C23H23FO2/c1-14(10-16-4-5-17(21(25)26)12-20(16)24)15-6-7-18-19(11-15)23(3)9-8-22(18,2)13-23/h4-7,10-12H,8-9,13H2,1-3H3,(H,25,26)/b14-10+. The zero-order chi connectivity index (χ0) is 18.7. The Bertz CT molecular complexity index is 959. The maximum absolute atomic E-state index is 14.2. The summed E-state index contributed by atoms with van der Waals surface area (Å²) in [4.78, 5) is 11.0. The van der Waals surface area contributed by atoms with E-state index in [-0.39, 0.29) is 11.0 Å². The minimum absolute atomic E-state index is 0.0352. The van der Waals surface area contributed by atoms with Crippen LogP contribution in [0.25, 0.3) is 11.6 Å². The van der Waals surface area contributed by atoms with Gasteiger partial charge in [0.05, 0.1) is 5.56 Å². The lowest BCUT2D eigenvalue weighted by molar-refractivity contribution is 0.0696. The quantitative estimate of drug-likeness (QED) is 0.711. The van der Waals surface area contributed by atoms with Crippen LogP contribution in [0.1, 0.15) is 72.6 Å². The Morgan fingerprint density at radius 2 is 1.69 bits per heavy atom. The minimum atomic E-state index is -1.12. The zero-order valence-corrected chi connectivity index (χ0v) is 15.4. The number of halogens is 1. The maximum atomic E-state index is 14.2. The van der Waals surface area contributed by atoms with Crippen molar-refractivity contribution in [1.82, 2.24) is 0 Å². The molecule has 0 spiro atoms. The molecule has 0 saturated heterocycles. The summed E-state index contributed by atoms with van der Waals surface area (Å²) < 4.78 is 14.2. The largest absolute Gasteiger partial charge is 0.478 e. The summed E-state index contributed by atoms with van der Waals surface area (Å²) in [6, 6.07) is 10.7. The van der Waals surface area contributed by atoms with Gasteiger partial charge in [0.1, 0.15) is 5.82 Å². The van der Waals surface area contributed by atoms with Crippen LogP contribution in [0.2, 0.25) is 0 Å². The molecule has 2 bridgehead atoms. The number of allylic oxidation sites excluding steroid dienone is 1. The number of fused-ring (bicyclic) bond motifs is 5. The second-order valence-corrected chi connectivity index (χ2v) is 8.43. The SMILES string of the molecule is C/C(=C\c1ccc(C(=O)O)cc1F)c1ccc2c(c1)C1(C)CCC2(C)C1. The minimum Gasteiger partial charge on any atom is -0.478 e. The molecule has 0 aliphatic heterocycles. The third kappa shape index (κ3) is 2.49. The van der Waals surface area contributed by atoms with E-state index in [0.717, 1.165) is 17.2 Å². The molecule has 0 radical (unpaired) electrons. The van der Waals surface area contributed by atoms with Crippen LogP contribution in [-0.4, -0.2) is 11.1 Å². The second kappa shape index (κ2) is 5.54. The van der Waals surface area contributed by atoms with E-state index in [1.54, 1.807) is 6.08 Å². The van der Waals surface area contributed by atoms with E-state index in [9.17, 15) is 9.18 Å². The topological polar surface area (TPSA) is 37.3 Å². The molecule has 134 valence electrons. The van der Waals surface area contributed by atoms with Gasteiger partial charge in [-0.05, 0) is 77.5 Å². The van der Waals surface area contributed by atoms with E-state index in [1.807, 2.05) is 6.92 Å². The highest BCUT2D eigenvalue weighted by Crippen LogP contribution is 2.60. The van der Waals surface area contributed by atoms with Crippen molar-refractivity contribution in [3.63, 3.8) is 0 Å². The highest BCUT2D eigenvalue weighted by Gasteiger charge is 2.52. The summed E-state index contributed by atoms with van der Waals surface area (Å²) in [6.07, 6.45) is 5.49. The molecule has 0 heterocycles. The first kappa shape index (κ1) is 17.0. The molecular weight excluding hydrogens is 327 g/mol. The lowest BCUT2D eigenvalue weighted by atomic mass is 9.77. The van der Waals surface area contributed by atoms with E-state index < -0.39 is 11.8 Å². The van der Waals surface area contributed by atoms with Gasteiger partial charge in [0.15, 0.2) is 0 Å². The highest BCUT2D eigenvalue weighted by molar-refractivity contribution is 5.88. The van der Waals surface area contributed by atoms with Gasteiger partial charge < -0.3 is 5.11 Å². The third-order valence-corrected chi connectivity index (χ3v) is 6.40.